The van der Waals surface area contributed by atoms with Gasteiger partial charge < -0.3 is 5.32 Å². The maximum atomic E-state index is 6.24. The molecule has 0 heterocycles. The van der Waals surface area contributed by atoms with E-state index in [2.05, 4.69) is 45.1 Å². The van der Waals surface area contributed by atoms with Crippen LogP contribution in [0.15, 0.2) is 18.2 Å². The van der Waals surface area contributed by atoms with E-state index in [4.69, 9.17) is 11.6 Å². The Labute approximate surface area is 111 Å². The monoisotopic (exact) mass is 253 g/mol. The lowest BCUT2D eigenvalue weighted by atomic mass is 9.97. The van der Waals surface area contributed by atoms with Crippen LogP contribution in [0.5, 0.6) is 0 Å². The van der Waals surface area contributed by atoms with Crippen LogP contribution in [0.3, 0.4) is 0 Å². The summed E-state index contributed by atoms with van der Waals surface area (Å²) in [5.74, 6) is 0.761. The van der Waals surface area contributed by atoms with Crippen LogP contribution in [-0.2, 0) is 0 Å². The molecule has 0 saturated carbocycles. The first kappa shape index (κ1) is 14.4. The fraction of sp³-hybridized carbons (Fsp3) is 0.600. The van der Waals surface area contributed by atoms with Crippen LogP contribution in [0.25, 0.3) is 0 Å². The van der Waals surface area contributed by atoms with E-state index in [-0.39, 0.29) is 0 Å². The van der Waals surface area contributed by atoms with Gasteiger partial charge in [-0.3, -0.25) is 0 Å². The van der Waals surface area contributed by atoms with Gasteiger partial charge in [-0.25, -0.2) is 0 Å². The molecule has 0 radical (unpaired) electrons. The highest BCUT2D eigenvalue weighted by atomic mass is 35.5. The molecule has 0 amide bonds. The van der Waals surface area contributed by atoms with Gasteiger partial charge in [-0.1, -0.05) is 44.9 Å². The van der Waals surface area contributed by atoms with Gasteiger partial charge in [-0.05, 0) is 43.4 Å². The molecule has 0 saturated heterocycles. The summed E-state index contributed by atoms with van der Waals surface area (Å²) in [4.78, 5) is 0. The quantitative estimate of drug-likeness (QED) is 0.728. The van der Waals surface area contributed by atoms with E-state index in [9.17, 15) is 0 Å². The first-order valence-electron chi connectivity index (χ1n) is 6.59. The van der Waals surface area contributed by atoms with E-state index in [1.807, 2.05) is 6.07 Å². The average Bonchev–Trinajstić information content (AvgIpc) is 2.31. The van der Waals surface area contributed by atoms with E-state index >= 15 is 0 Å². The molecule has 0 aliphatic carbocycles. The standard InChI is InChI=1S/C15H24ClN/c1-5-11(3)9-13(6-2)17-15-8-7-12(4)10-14(15)16/h7-8,10-11,13,17H,5-6,9H2,1-4H3. The van der Waals surface area contributed by atoms with Crippen molar-refractivity contribution in [3.63, 3.8) is 0 Å². The van der Waals surface area contributed by atoms with Crippen molar-refractivity contribution in [2.75, 3.05) is 5.32 Å². The number of anilines is 1. The lowest BCUT2D eigenvalue weighted by Crippen LogP contribution is -2.21. The molecule has 17 heavy (non-hydrogen) atoms. The molecule has 0 bridgehead atoms. The van der Waals surface area contributed by atoms with Gasteiger partial charge in [0.05, 0.1) is 10.7 Å². The van der Waals surface area contributed by atoms with Gasteiger partial charge in [0.2, 0.25) is 0 Å². The van der Waals surface area contributed by atoms with E-state index in [0.29, 0.717) is 6.04 Å². The number of rotatable bonds is 6. The van der Waals surface area contributed by atoms with Gasteiger partial charge in [0.1, 0.15) is 0 Å². The van der Waals surface area contributed by atoms with Gasteiger partial charge in [-0.15, -0.1) is 0 Å². The second-order valence-electron chi connectivity index (χ2n) is 4.98. The van der Waals surface area contributed by atoms with Gasteiger partial charge >= 0.3 is 0 Å². The molecular weight excluding hydrogens is 230 g/mol. The molecule has 1 aromatic rings. The summed E-state index contributed by atoms with van der Waals surface area (Å²) in [6.07, 6.45) is 3.57. The molecule has 0 aromatic heterocycles. The van der Waals surface area contributed by atoms with E-state index in [1.165, 1.54) is 18.4 Å². The Hall–Kier alpha value is -0.690. The van der Waals surface area contributed by atoms with Crippen LogP contribution in [0.2, 0.25) is 5.02 Å². The van der Waals surface area contributed by atoms with Crippen molar-refractivity contribution in [2.24, 2.45) is 5.92 Å². The molecule has 2 heteroatoms. The summed E-state index contributed by atoms with van der Waals surface area (Å²) in [5.41, 5.74) is 2.27. The highest BCUT2D eigenvalue weighted by Crippen LogP contribution is 2.25. The Morgan fingerprint density at radius 1 is 1.24 bits per heavy atom. The molecular formula is C15H24ClN. The molecule has 2 unspecified atom stereocenters. The Bertz CT molecular complexity index is 349. The van der Waals surface area contributed by atoms with Crippen molar-refractivity contribution in [1.82, 2.24) is 0 Å². The maximum Gasteiger partial charge on any atom is 0.0640 e. The van der Waals surface area contributed by atoms with Gasteiger partial charge in [0.15, 0.2) is 0 Å². The summed E-state index contributed by atoms with van der Waals surface area (Å²) in [7, 11) is 0. The third-order valence-electron chi connectivity index (χ3n) is 3.36. The Balaban J connectivity index is 2.67. The smallest absolute Gasteiger partial charge is 0.0640 e. The number of hydrogen-bond donors (Lipinski definition) is 1. The average molecular weight is 254 g/mol. The molecule has 1 rings (SSSR count). The Morgan fingerprint density at radius 2 is 1.94 bits per heavy atom. The minimum atomic E-state index is 0.519. The zero-order valence-corrected chi connectivity index (χ0v) is 12.1. The summed E-state index contributed by atoms with van der Waals surface area (Å²) in [5, 5.41) is 4.38. The minimum Gasteiger partial charge on any atom is -0.381 e. The lowest BCUT2D eigenvalue weighted by molar-refractivity contribution is 0.462. The van der Waals surface area contributed by atoms with E-state index in [0.717, 1.165) is 23.0 Å². The summed E-state index contributed by atoms with van der Waals surface area (Å²) >= 11 is 6.24. The maximum absolute atomic E-state index is 6.24. The zero-order chi connectivity index (χ0) is 12.8. The van der Waals surface area contributed by atoms with Gasteiger partial charge in [0.25, 0.3) is 0 Å². The van der Waals surface area contributed by atoms with Crippen molar-refractivity contribution in [3.05, 3.63) is 28.8 Å². The molecule has 2 atom stereocenters. The minimum absolute atomic E-state index is 0.519. The lowest BCUT2D eigenvalue weighted by Gasteiger charge is -2.22. The third-order valence-corrected chi connectivity index (χ3v) is 3.67. The first-order chi connectivity index (χ1) is 8.06. The Kier molecular flexibility index (Phi) is 5.84. The number of benzene rings is 1. The SMILES string of the molecule is CCC(C)CC(CC)Nc1ccc(C)cc1Cl. The summed E-state index contributed by atoms with van der Waals surface area (Å²) < 4.78 is 0. The van der Waals surface area contributed by atoms with Crippen molar-refractivity contribution in [3.8, 4) is 0 Å². The number of nitrogens with one attached hydrogen (secondary N) is 1. The second kappa shape index (κ2) is 6.90. The first-order valence-corrected chi connectivity index (χ1v) is 6.97. The van der Waals surface area contributed by atoms with E-state index < -0.39 is 0 Å². The fourth-order valence-electron chi connectivity index (χ4n) is 1.94. The van der Waals surface area contributed by atoms with Crippen molar-refractivity contribution < 1.29 is 0 Å². The molecule has 0 aliphatic rings. The summed E-state index contributed by atoms with van der Waals surface area (Å²) in [6.45, 7) is 8.84. The van der Waals surface area contributed by atoms with Crippen LogP contribution >= 0.6 is 11.6 Å². The number of hydrogen-bond acceptors (Lipinski definition) is 1. The van der Waals surface area contributed by atoms with Crippen molar-refractivity contribution in [1.29, 1.82) is 0 Å². The topological polar surface area (TPSA) is 12.0 Å². The van der Waals surface area contributed by atoms with Crippen LogP contribution in [0.4, 0.5) is 5.69 Å². The van der Waals surface area contributed by atoms with Gasteiger partial charge in [-0.2, -0.15) is 0 Å². The molecule has 1 nitrogen and oxygen atoms in total. The van der Waals surface area contributed by atoms with Crippen molar-refractivity contribution in [2.45, 2.75) is 53.0 Å². The molecule has 0 aliphatic heterocycles. The molecule has 0 fully saturated rings. The van der Waals surface area contributed by atoms with Crippen LogP contribution in [0.1, 0.15) is 45.6 Å². The van der Waals surface area contributed by atoms with Crippen LogP contribution < -0.4 is 5.32 Å². The largest absolute Gasteiger partial charge is 0.381 e. The molecule has 1 aromatic carbocycles. The predicted molar refractivity (Wildman–Crippen MR) is 78.0 cm³/mol. The fourth-order valence-corrected chi connectivity index (χ4v) is 2.23. The normalized spacial score (nSPS) is 14.4. The highest BCUT2D eigenvalue weighted by molar-refractivity contribution is 6.33. The zero-order valence-electron chi connectivity index (χ0n) is 11.4. The Morgan fingerprint density at radius 3 is 2.47 bits per heavy atom. The van der Waals surface area contributed by atoms with Crippen LogP contribution in [0, 0.1) is 12.8 Å². The molecule has 1 N–H and O–H groups in total. The number of halogens is 1. The van der Waals surface area contributed by atoms with Crippen molar-refractivity contribution >= 4 is 17.3 Å². The predicted octanol–water partition coefficient (Wildman–Crippen LogP) is 5.28. The second-order valence-corrected chi connectivity index (χ2v) is 5.39. The third kappa shape index (κ3) is 4.59. The molecule has 0 spiro atoms. The highest BCUT2D eigenvalue weighted by Gasteiger charge is 2.11. The number of aryl methyl sites for hydroxylation is 1. The summed E-state index contributed by atoms with van der Waals surface area (Å²) in [6, 6.07) is 6.71. The van der Waals surface area contributed by atoms with E-state index in [1.54, 1.807) is 0 Å². The van der Waals surface area contributed by atoms with Crippen LogP contribution in [-0.4, -0.2) is 6.04 Å². The molecule has 96 valence electrons. The van der Waals surface area contributed by atoms with Gasteiger partial charge in [0, 0.05) is 6.04 Å².